The van der Waals surface area contributed by atoms with E-state index in [0.717, 1.165) is 5.56 Å². The molecule has 3 heteroatoms. The Bertz CT molecular complexity index is 243. The monoisotopic (exact) mass is 166 g/mol. The molecular weight excluding hydrogens is 156 g/mol. The second-order valence-electron chi connectivity index (χ2n) is 2.32. The van der Waals surface area contributed by atoms with Crippen molar-refractivity contribution < 1.29 is 14.6 Å². The van der Waals surface area contributed by atoms with Crippen LogP contribution in [-0.2, 0) is 21.2 Å². The normalized spacial score (nSPS) is 9.42. The molecule has 0 aliphatic rings. The van der Waals surface area contributed by atoms with E-state index in [1.165, 1.54) is 6.92 Å². The van der Waals surface area contributed by atoms with E-state index in [1.807, 2.05) is 30.3 Å². The van der Waals surface area contributed by atoms with E-state index in [2.05, 4.69) is 9.78 Å². The highest BCUT2D eigenvalue weighted by atomic mass is 17.2. The zero-order chi connectivity index (χ0) is 8.81. The van der Waals surface area contributed by atoms with Gasteiger partial charge in [-0.15, -0.1) is 0 Å². The molecule has 0 N–H and O–H groups in total. The summed E-state index contributed by atoms with van der Waals surface area (Å²) in [5, 5.41) is 0. The average molecular weight is 166 g/mol. The van der Waals surface area contributed by atoms with Gasteiger partial charge < -0.3 is 0 Å². The van der Waals surface area contributed by atoms with Crippen LogP contribution in [0.15, 0.2) is 30.3 Å². The van der Waals surface area contributed by atoms with E-state index in [9.17, 15) is 4.79 Å². The molecule has 0 bridgehead atoms. The van der Waals surface area contributed by atoms with Gasteiger partial charge in [0.15, 0.2) is 0 Å². The molecule has 0 aliphatic heterocycles. The van der Waals surface area contributed by atoms with Gasteiger partial charge in [-0.25, -0.2) is 4.79 Å². The van der Waals surface area contributed by atoms with Crippen LogP contribution in [0, 0.1) is 0 Å². The molecule has 0 atom stereocenters. The van der Waals surface area contributed by atoms with Crippen LogP contribution in [0.3, 0.4) is 0 Å². The molecule has 0 aliphatic carbocycles. The van der Waals surface area contributed by atoms with Gasteiger partial charge in [-0.05, 0) is 5.56 Å². The summed E-state index contributed by atoms with van der Waals surface area (Å²) >= 11 is 0. The summed E-state index contributed by atoms with van der Waals surface area (Å²) in [7, 11) is 0. The Morgan fingerprint density at radius 3 is 2.58 bits per heavy atom. The van der Waals surface area contributed by atoms with Gasteiger partial charge >= 0.3 is 5.97 Å². The van der Waals surface area contributed by atoms with Crippen molar-refractivity contribution in [1.82, 2.24) is 0 Å². The smallest absolute Gasteiger partial charge is 0.298 e. The first-order valence-corrected chi connectivity index (χ1v) is 3.63. The highest BCUT2D eigenvalue weighted by Gasteiger charge is 1.94. The van der Waals surface area contributed by atoms with E-state index in [4.69, 9.17) is 0 Å². The minimum atomic E-state index is -0.439. The molecular formula is C9H10O3. The first-order chi connectivity index (χ1) is 5.79. The summed E-state index contributed by atoms with van der Waals surface area (Å²) < 4.78 is 0. The molecule has 64 valence electrons. The zero-order valence-electron chi connectivity index (χ0n) is 6.82. The molecule has 3 nitrogen and oxygen atoms in total. The highest BCUT2D eigenvalue weighted by molar-refractivity contribution is 5.65. The minimum Gasteiger partial charge on any atom is -0.298 e. The third kappa shape index (κ3) is 3.16. The Labute approximate surface area is 70.8 Å². The lowest BCUT2D eigenvalue weighted by molar-refractivity contribution is -0.277. The third-order valence-electron chi connectivity index (χ3n) is 1.24. The fraction of sp³-hybridized carbons (Fsp3) is 0.222. The fourth-order valence-corrected chi connectivity index (χ4v) is 0.755. The fourth-order valence-electron chi connectivity index (χ4n) is 0.755. The van der Waals surface area contributed by atoms with Gasteiger partial charge in [-0.1, -0.05) is 30.3 Å². The SMILES string of the molecule is CC(=O)OOCc1ccccc1. The molecule has 0 spiro atoms. The van der Waals surface area contributed by atoms with Crippen LogP contribution in [0.5, 0.6) is 0 Å². The lowest BCUT2D eigenvalue weighted by atomic mass is 10.2. The Morgan fingerprint density at radius 1 is 1.33 bits per heavy atom. The van der Waals surface area contributed by atoms with E-state index in [1.54, 1.807) is 0 Å². The van der Waals surface area contributed by atoms with Crippen molar-refractivity contribution in [2.75, 3.05) is 0 Å². The molecule has 1 rings (SSSR count). The number of carbonyl (C=O) groups excluding carboxylic acids is 1. The summed E-state index contributed by atoms with van der Waals surface area (Å²) in [6.45, 7) is 1.59. The Morgan fingerprint density at radius 2 is 2.00 bits per heavy atom. The van der Waals surface area contributed by atoms with Gasteiger partial charge in [0, 0.05) is 6.92 Å². The van der Waals surface area contributed by atoms with Crippen molar-refractivity contribution >= 4 is 5.97 Å². The van der Waals surface area contributed by atoms with Crippen LogP contribution in [-0.4, -0.2) is 5.97 Å². The number of benzene rings is 1. The van der Waals surface area contributed by atoms with E-state index in [0.29, 0.717) is 6.61 Å². The van der Waals surface area contributed by atoms with Crippen LogP contribution in [0.4, 0.5) is 0 Å². The van der Waals surface area contributed by atoms with Gasteiger partial charge in [-0.2, -0.15) is 4.89 Å². The summed E-state index contributed by atoms with van der Waals surface area (Å²) in [4.78, 5) is 19.2. The molecule has 0 amide bonds. The predicted molar refractivity (Wildman–Crippen MR) is 43.0 cm³/mol. The minimum absolute atomic E-state index is 0.292. The van der Waals surface area contributed by atoms with Gasteiger partial charge in [0.25, 0.3) is 0 Å². The van der Waals surface area contributed by atoms with Crippen LogP contribution in [0.2, 0.25) is 0 Å². The maximum absolute atomic E-state index is 10.3. The standard InChI is InChI=1S/C9H10O3/c1-8(10)12-11-7-9-5-3-2-4-6-9/h2-6H,7H2,1H3. The molecule has 0 unspecified atom stereocenters. The average Bonchev–Trinajstić information content (AvgIpc) is 2.05. The van der Waals surface area contributed by atoms with E-state index in [-0.39, 0.29) is 0 Å². The van der Waals surface area contributed by atoms with Crippen molar-refractivity contribution in [1.29, 1.82) is 0 Å². The molecule has 0 heterocycles. The van der Waals surface area contributed by atoms with E-state index >= 15 is 0 Å². The topological polar surface area (TPSA) is 35.5 Å². The Hall–Kier alpha value is -1.35. The lowest BCUT2D eigenvalue weighted by Gasteiger charge is -2.00. The molecule has 1 aromatic rings. The molecule has 0 aromatic heterocycles. The van der Waals surface area contributed by atoms with Crippen LogP contribution in [0.1, 0.15) is 12.5 Å². The van der Waals surface area contributed by atoms with Gasteiger partial charge in [-0.3, -0.25) is 4.89 Å². The maximum atomic E-state index is 10.3. The third-order valence-corrected chi connectivity index (χ3v) is 1.24. The number of carbonyl (C=O) groups is 1. The first kappa shape index (κ1) is 8.74. The quantitative estimate of drug-likeness (QED) is 0.506. The van der Waals surface area contributed by atoms with Crippen LogP contribution in [0.25, 0.3) is 0 Å². The van der Waals surface area contributed by atoms with Crippen molar-refractivity contribution in [3.63, 3.8) is 0 Å². The maximum Gasteiger partial charge on any atom is 0.339 e. The van der Waals surface area contributed by atoms with Crippen molar-refractivity contribution in [2.45, 2.75) is 13.5 Å². The van der Waals surface area contributed by atoms with Crippen LogP contribution >= 0.6 is 0 Å². The van der Waals surface area contributed by atoms with Gasteiger partial charge in [0.2, 0.25) is 0 Å². The second kappa shape index (κ2) is 4.51. The van der Waals surface area contributed by atoms with Gasteiger partial charge in [0.1, 0.15) is 6.61 Å². The largest absolute Gasteiger partial charge is 0.339 e. The van der Waals surface area contributed by atoms with Crippen molar-refractivity contribution in [3.05, 3.63) is 35.9 Å². The number of rotatable bonds is 3. The molecule has 0 fully saturated rings. The summed E-state index contributed by atoms with van der Waals surface area (Å²) in [6, 6.07) is 9.49. The van der Waals surface area contributed by atoms with Crippen LogP contribution < -0.4 is 0 Å². The molecule has 0 saturated heterocycles. The molecule has 0 radical (unpaired) electrons. The first-order valence-electron chi connectivity index (χ1n) is 3.63. The second-order valence-corrected chi connectivity index (χ2v) is 2.32. The number of hydrogen-bond donors (Lipinski definition) is 0. The predicted octanol–water partition coefficient (Wildman–Crippen LogP) is 1.68. The molecule has 0 saturated carbocycles. The lowest BCUT2D eigenvalue weighted by Crippen LogP contribution is -2.00. The Balaban J connectivity index is 2.29. The molecule has 12 heavy (non-hydrogen) atoms. The highest BCUT2D eigenvalue weighted by Crippen LogP contribution is 2.00. The summed E-state index contributed by atoms with van der Waals surface area (Å²) in [6.07, 6.45) is 0. The number of hydrogen-bond acceptors (Lipinski definition) is 3. The van der Waals surface area contributed by atoms with Crippen molar-refractivity contribution in [2.24, 2.45) is 0 Å². The Kier molecular flexibility index (Phi) is 3.29. The van der Waals surface area contributed by atoms with E-state index < -0.39 is 5.97 Å². The molecule has 1 aromatic carbocycles. The summed E-state index contributed by atoms with van der Waals surface area (Å²) in [5.74, 6) is -0.439. The summed E-state index contributed by atoms with van der Waals surface area (Å²) in [5.41, 5.74) is 0.971. The van der Waals surface area contributed by atoms with Crippen molar-refractivity contribution in [3.8, 4) is 0 Å². The zero-order valence-corrected chi connectivity index (χ0v) is 6.82. The van der Waals surface area contributed by atoms with Gasteiger partial charge in [0.05, 0.1) is 0 Å².